The van der Waals surface area contributed by atoms with Gasteiger partial charge in [0.25, 0.3) is 0 Å². The van der Waals surface area contributed by atoms with Crippen LogP contribution in [0.4, 0.5) is 34.1 Å². The second-order valence-corrected chi connectivity index (χ2v) is 17.9. The third kappa shape index (κ3) is 5.30. The molecular weight excluding hydrogens is 787 g/mol. The summed E-state index contributed by atoms with van der Waals surface area (Å²) in [5, 5.41) is 7.67. The number of benzene rings is 10. The molecule has 0 fully saturated rings. The van der Waals surface area contributed by atoms with Crippen molar-refractivity contribution in [2.45, 2.75) is 25.2 Å². The number of rotatable bonds is 6. The molecule has 1 unspecified atom stereocenters. The van der Waals surface area contributed by atoms with E-state index >= 15 is 0 Å². The SMILES string of the molecule is c1ccc(N(c2ccccc2)c2cc3c(cc(N(c4ccccc4)c4ccccc4)c4c5cccc6c7ccccc7n(c65)c34)c3c2-c2cccc4c2C(CC3)Cc2ccccc2-4)cc1. The summed E-state index contributed by atoms with van der Waals surface area (Å²) >= 11 is 0. The van der Waals surface area contributed by atoms with Crippen LogP contribution in [-0.4, -0.2) is 4.40 Å². The molecule has 0 aliphatic heterocycles. The summed E-state index contributed by atoms with van der Waals surface area (Å²) in [6.07, 6.45) is 3.05. The van der Waals surface area contributed by atoms with Crippen LogP contribution < -0.4 is 9.80 Å². The summed E-state index contributed by atoms with van der Waals surface area (Å²) in [6.45, 7) is 0. The molecule has 10 aromatic carbocycles. The first-order valence-electron chi connectivity index (χ1n) is 23.0. The molecule has 2 aliphatic rings. The number of fused-ring (bicyclic) bond motifs is 13. The summed E-state index contributed by atoms with van der Waals surface area (Å²) in [7, 11) is 0. The Morgan fingerprint density at radius 3 is 1.62 bits per heavy atom. The number of aromatic nitrogens is 1. The Morgan fingerprint density at radius 1 is 0.400 bits per heavy atom. The van der Waals surface area contributed by atoms with Gasteiger partial charge in [-0.2, -0.15) is 0 Å². The Bertz CT molecular complexity index is 3720. The van der Waals surface area contributed by atoms with Gasteiger partial charge in [0, 0.05) is 55.2 Å². The molecular formula is C62H43N3. The summed E-state index contributed by atoms with van der Waals surface area (Å²) in [5.41, 5.74) is 20.5. The van der Waals surface area contributed by atoms with Crippen LogP contribution in [0.2, 0.25) is 0 Å². The van der Waals surface area contributed by atoms with Gasteiger partial charge in [0.05, 0.1) is 27.9 Å². The van der Waals surface area contributed by atoms with Crippen LogP contribution in [0.1, 0.15) is 29.0 Å². The molecule has 0 saturated carbocycles. The van der Waals surface area contributed by atoms with Crippen LogP contribution in [0.5, 0.6) is 0 Å². The zero-order chi connectivity index (χ0) is 42.6. The van der Waals surface area contributed by atoms with Crippen molar-refractivity contribution in [3.63, 3.8) is 0 Å². The van der Waals surface area contributed by atoms with Gasteiger partial charge in [-0.3, -0.25) is 0 Å². The highest BCUT2D eigenvalue weighted by Crippen LogP contribution is 2.57. The number of hydrogen-bond acceptors (Lipinski definition) is 2. The van der Waals surface area contributed by atoms with Crippen molar-refractivity contribution in [2.75, 3.05) is 9.80 Å². The fourth-order valence-electron chi connectivity index (χ4n) is 11.9. The second-order valence-electron chi connectivity index (χ2n) is 17.9. The average molecular weight is 830 g/mol. The van der Waals surface area contributed by atoms with E-state index in [1.54, 1.807) is 0 Å². The standard InChI is InChI=1S/C62H43N3/c1-5-20-42(21-6-1)63(43-22-7-2-8-23-43)56-39-54-53(49-36-35-41-37-40-19-13-14-28-46(40)48-30-17-32-51(58(41)48)59(49)56)38-57(64(44-24-9-3-10-25-44)45-26-11-4-12-27-45)60-52-33-18-31-50-47-29-15-16-34-55(47)65(61(50)52)62(54)60/h1-34,38-39,41H,35-37H2. The van der Waals surface area contributed by atoms with Crippen molar-refractivity contribution in [1.29, 1.82) is 0 Å². The first-order chi connectivity index (χ1) is 32.3. The topological polar surface area (TPSA) is 10.9 Å². The molecule has 3 heteroatoms. The Kier molecular flexibility index (Phi) is 7.93. The molecule has 65 heavy (non-hydrogen) atoms. The minimum absolute atomic E-state index is 0.393. The van der Waals surface area contributed by atoms with Gasteiger partial charge in [0.1, 0.15) is 0 Å². The average Bonchev–Trinajstić information content (AvgIpc) is 3.84. The molecule has 0 spiro atoms. The monoisotopic (exact) mass is 829 g/mol. The van der Waals surface area contributed by atoms with Gasteiger partial charge in [-0.1, -0.05) is 152 Å². The van der Waals surface area contributed by atoms with E-state index in [4.69, 9.17) is 0 Å². The van der Waals surface area contributed by atoms with Crippen LogP contribution in [-0.2, 0) is 12.8 Å². The first-order valence-corrected chi connectivity index (χ1v) is 23.0. The minimum atomic E-state index is 0.393. The van der Waals surface area contributed by atoms with Gasteiger partial charge < -0.3 is 14.2 Å². The lowest BCUT2D eigenvalue weighted by molar-refractivity contribution is 0.624. The number of anilines is 6. The molecule has 3 nitrogen and oxygen atoms in total. The van der Waals surface area contributed by atoms with Crippen molar-refractivity contribution in [3.8, 4) is 22.3 Å². The molecule has 1 atom stereocenters. The summed E-state index contributed by atoms with van der Waals surface area (Å²) in [5.74, 6) is 0.393. The minimum Gasteiger partial charge on any atom is -0.310 e. The van der Waals surface area contributed by atoms with Crippen LogP contribution >= 0.6 is 0 Å². The maximum Gasteiger partial charge on any atom is 0.0642 e. The quantitative estimate of drug-likeness (QED) is 0.165. The van der Waals surface area contributed by atoms with E-state index in [0.29, 0.717) is 5.92 Å². The summed E-state index contributed by atoms with van der Waals surface area (Å²) < 4.78 is 2.61. The summed E-state index contributed by atoms with van der Waals surface area (Å²) in [6, 6.07) is 81.3. The van der Waals surface area contributed by atoms with E-state index in [2.05, 4.69) is 233 Å². The molecule has 2 heterocycles. The highest BCUT2D eigenvalue weighted by atomic mass is 15.2. The van der Waals surface area contributed by atoms with Crippen LogP contribution in [0.25, 0.3) is 71.1 Å². The van der Waals surface area contributed by atoms with Crippen molar-refractivity contribution in [3.05, 3.63) is 235 Å². The third-order valence-corrected chi connectivity index (χ3v) is 14.5. The van der Waals surface area contributed by atoms with Gasteiger partial charge in [0.2, 0.25) is 0 Å². The number of hydrogen-bond donors (Lipinski definition) is 0. The molecule has 0 saturated heterocycles. The smallest absolute Gasteiger partial charge is 0.0642 e. The molecule has 2 aromatic heterocycles. The lowest BCUT2D eigenvalue weighted by Gasteiger charge is -2.32. The lowest BCUT2D eigenvalue weighted by Crippen LogP contribution is -2.14. The van der Waals surface area contributed by atoms with Gasteiger partial charge in [-0.25, -0.2) is 0 Å². The number of para-hydroxylation sites is 6. The Labute approximate surface area is 378 Å². The highest BCUT2D eigenvalue weighted by Gasteiger charge is 2.35. The van der Waals surface area contributed by atoms with Gasteiger partial charge in [0.15, 0.2) is 0 Å². The van der Waals surface area contributed by atoms with E-state index in [-0.39, 0.29) is 0 Å². The van der Waals surface area contributed by atoms with E-state index in [1.807, 2.05) is 0 Å². The van der Waals surface area contributed by atoms with Crippen LogP contribution in [0.15, 0.2) is 218 Å². The fourth-order valence-corrected chi connectivity index (χ4v) is 11.9. The summed E-state index contributed by atoms with van der Waals surface area (Å²) in [4.78, 5) is 5.03. The first kappa shape index (κ1) is 36.4. The molecule has 306 valence electrons. The maximum atomic E-state index is 2.61. The van der Waals surface area contributed by atoms with Crippen molar-refractivity contribution >= 4 is 83.0 Å². The zero-order valence-corrected chi connectivity index (χ0v) is 35.8. The predicted molar refractivity (Wildman–Crippen MR) is 274 cm³/mol. The van der Waals surface area contributed by atoms with Crippen molar-refractivity contribution in [2.24, 2.45) is 0 Å². The molecule has 0 amide bonds. The van der Waals surface area contributed by atoms with Crippen LogP contribution in [0.3, 0.4) is 0 Å². The molecule has 2 aliphatic carbocycles. The molecule has 14 rings (SSSR count). The van der Waals surface area contributed by atoms with Gasteiger partial charge in [-0.05, 0) is 131 Å². The van der Waals surface area contributed by atoms with Crippen molar-refractivity contribution in [1.82, 2.24) is 4.40 Å². The fraction of sp³-hybridized carbons (Fsp3) is 0.0645. The Morgan fingerprint density at radius 2 is 0.923 bits per heavy atom. The van der Waals surface area contributed by atoms with E-state index < -0.39 is 0 Å². The largest absolute Gasteiger partial charge is 0.310 e. The van der Waals surface area contributed by atoms with Gasteiger partial charge in [-0.15, -0.1) is 0 Å². The number of nitrogens with zero attached hydrogens (tertiary/aromatic N) is 3. The molecule has 0 radical (unpaired) electrons. The van der Waals surface area contributed by atoms with Gasteiger partial charge >= 0.3 is 0 Å². The molecule has 0 bridgehead atoms. The second kappa shape index (κ2) is 14.2. The highest BCUT2D eigenvalue weighted by molar-refractivity contribution is 6.31. The zero-order valence-electron chi connectivity index (χ0n) is 35.8. The molecule has 0 N–H and O–H groups in total. The normalized spacial score (nSPS) is 14.1. The van der Waals surface area contributed by atoms with E-state index in [0.717, 1.165) is 42.0 Å². The maximum absolute atomic E-state index is 2.61. The van der Waals surface area contributed by atoms with E-state index in [1.165, 1.54) is 99.2 Å². The van der Waals surface area contributed by atoms with Crippen LogP contribution in [0, 0.1) is 0 Å². The van der Waals surface area contributed by atoms with E-state index in [9.17, 15) is 0 Å². The Balaban J connectivity index is 1.21. The van der Waals surface area contributed by atoms with Crippen molar-refractivity contribution < 1.29 is 0 Å². The molecule has 12 aromatic rings. The predicted octanol–water partition coefficient (Wildman–Crippen LogP) is 16.8. The lowest BCUT2D eigenvalue weighted by atomic mass is 9.75. The Hall–Kier alpha value is -8.14. The number of aryl methyl sites for hydroxylation is 1. The third-order valence-electron chi connectivity index (χ3n) is 14.5.